The van der Waals surface area contributed by atoms with Gasteiger partial charge in [-0.1, -0.05) is 37.3 Å². The van der Waals surface area contributed by atoms with Gasteiger partial charge in [0.1, 0.15) is 5.75 Å². The molecule has 2 aromatic carbocycles. The van der Waals surface area contributed by atoms with Gasteiger partial charge in [0.25, 0.3) is 0 Å². The second kappa shape index (κ2) is 11.9. The lowest BCUT2D eigenvalue weighted by molar-refractivity contribution is -0.171. The molecule has 0 heterocycles. The number of aliphatic hydroxyl groups is 2. The normalized spacial score (nSPS) is 11.6. The zero-order valence-electron chi connectivity index (χ0n) is 17.9. The lowest BCUT2D eigenvalue weighted by atomic mass is 9.99. The van der Waals surface area contributed by atoms with Crippen molar-refractivity contribution in [3.8, 4) is 5.75 Å². The lowest BCUT2D eigenvalue weighted by Gasteiger charge is -2.19. The lowest BCUT2D eigenvalue weighted by Crippen LogP contribution is -2.23. The summed E-state index contributed by atoms with van der Waals surface area (Å²) in [4.78, 5) is 39.0. The van der Waals surface area contributed by atoms with Gasteiger partial charge in [-0.15, -0.1) is 0 Å². The number of rotatable bonds is 4. The maximum Gasteiger partial charge on any atom is 0.524 e. The van der Waals surface area contributed by atoms with E-state index in [1.165, 1.54) is 0 Å². The van der Waals surface area contributed by atoms with Crippen molar-refractivity contribution >= 4 is 15.6 Å². The van der Waals surface area contributed by atoms with E-state index in [1.807, 2.05) is 26.8 Å². The van der Waals surface area contributed by atoms with Gasteiger partial charge in [0.15, 0.2) is 5.79 Å². The fourth-order valence-electron chi connectivity index (χ4n) is 2.31. The minimum Gasteiger partial charge on any atom is -0.404 e. The third-order valence-corrected chi connectivity index (χ3v) is 4.81. The number of phosphoric ester groups is 1. The first-order valence-corrected chi connectivity index (χ1v) is 12.1. The van der Waals surface area contributed by atoms with E-state index in [1.54, 1.807) is 44.2 Å². The van der Waals surface area contributed by atoms with Gasteiger partial charge >= 0.3 is 15.6 Å². The Hall–Kier alpha value is -1.58. The molecule has 0 aliphatic rings. The molecule has 0 aromatic heterocycles. The standard InChI is InChI=1S/C10H15O4P.C9H12O2.H3O4P/c1-6-5-10(14-15(11,12)13)9(4)8(3)7(6)2;1-2-9(10,11)8-6-4-3-5-7-8;1-5(2,3)4/h5H,1-4H3,(H2,11,12,13);3-7,10-11H,2H2,1H3;(H3,1,2,3,4). The van der Waals surface area contributed by atoms with Crippen LogP contribution in [0.1, 0.15) is 41.2 Å². The first-order chi connectivity index (χ1) is 13.9. The van der Waals surface area contributed by atoms with Crippen molar-refractivity contribution in [2.75, 3.05) is 0 Å². The molecule has 2 aromatic rings. The largest absolute Gasteiger partial charge is 0.524 e. The van der Waals surface area contributed by atoms with Gasteiger partial charge in [-0.05, 0) is 56.0 Å². The highest BCUT2D eigenvalue weighted by atomic mass is 31.2. The maximum absolute atomic E-state index is 10.7. The zero-order valence-corrected chi connectivity index (χ0v) is 19.7. The van der Waals surface area contributed by atoms with Gasteiger partial charge in [0, 0.05) is 12.0 Å². The van der Waals surface area contributed by atoms with E-state index in [4.69, 9.17) is 29.0 Å². The van der Waals surface area contributed by atoms with Crippen molar-refractivity contribution in [1.29, 1.82) is 0 Å². The summed E-state index contributed by atoms with van der Waals surface area (Å²) < 4.78 is 24.2. The molecule has 10 nitrogen and oxygen atoms in total. The predicted molar refractivity (Wildman–Crippen MR) is 115 cm³/mol. The Morgan fingerprint density at radius 3 is 1.68 bits per heavy atom. The van der Waals surface area contributed by atoms with Gasteiger partial charge < -0.3 is 29.4 Å². The number of phosphoric acid groups is 2. The van der Waals surface area contributed by atoms with Crippen molar-refractivity contribution in [3.63, 3.8) is 0 Å². The van der Waals surface area contributed by atoms with Crippen molar-refractivity contribution in [1.82, 2.24) is 0 Å². The highest BCUT2D eigenvalue weighted by Gasteiger charge is 2.22. The maximum atomic E-state index is 10.7. The highest BCUT2D eigenvalue weighted by molar-refractivity contribution is 7.46. The summed E-state index contributed by atoms with van der Waals surface area (Å²) in [7, 11) is -9.11. The number of benzene rings is 2. The molecule has 0 atom stereocenters. The summed E-state index contributed by atoms with van der Waals surface area (Å²) in [6.45, 7) is 9.28. The zero-order chi connectivity index (χ0) is 24.6. The second-order valence-corrected chi connectivity index (χ2v) is 8.89. The first-order valence-electron chi connectivity index (χ1n) is 9.00. The molecular weight excluding hydrogens is 450 g/mol. The third-order valence-electron chi connectivity index (χ3n) is 4.38. The van der Waals surface area contributed by atoms with Crippen LogP contribution in [0.3, 0.4) is 0 Å². The summed E-state index contributed by atoms with van der Waals surface area (Å²) in [5.41, 5.74) is 4.38. The summed E-state index contributed by atoms with van der Waals surface area (Å²) in [6, 6.07) is 10.5. The smallest absolute Gasteiger partial charge is 0.404 e. The van der Waals surface area contributed by atoms with Gasteiger partial charge in [-0.3, -0.25) is 9.79 Å². The Morgan fingerprint density at radius 2 is 1.29 bits per heavy atom. The monoisotopic (exact) mass is 480 g/mol. The third kappa shape index (κ3) is 12.1. The molecule has 176 valence electrons. The Kier molecular flexibility index (Phi) is 11.3. The average molecular weight is 480 g/mol. The number of aryl methyl sites for hydroxylation is 1. The van der Waals surface area contributed by atoms with Crippen LogP contribution in [0.5, 0.6) is 5.75 Å². The SMILES string of the molecule is CCC(O)(O)c1ccccc1.Cc1cc(OP(=O)(O)O)c(C)c(C)c1C.O=P(O)(O)O. The fraction of sp³-hybridized carbons (Fsp3) is 0.368. The van der Waals surface area contributed by atoms with Gasteiger partial charge in [-0.2, -0.15) is 0 Å². The number of hydrogen-bond donors (Lipinski definition) is 7. The van der Waals surface area contributed by atoms with Crippen LogP contribution in [-0.4, -0.2) is 34.7 Å². The molecule has 0 unspecified atom stereocenters. The molecule has 0 bridgehead atoms. The molecule has 0 amide bonds. The van der Waals surface area contributed by atoms with E-state index >= 15 is 0 Å². The van der Waals surface area contributed by atoms with Crippen molar-refractivity contribution in [3.05, 3.63) is 64.2 Å². The second-order valence-electron chi connectivity index (χ2n) is 6.70. The van der Waals surface area contributed by atoms with Crippen LogP contribution in [0.2, 0.25) is 0 Å². The number of hydrogen-bond acceptors (Lipinski definition) is 5. The highest BCUT2D eigenvalue weighted by Crippen LogP contribution is 2.40. The van der Waals surface area contributed by atoms with Crippen LogP contribution in [0.25, 0.3) is 0 Å². The minimum atomic E-state index is -4.64. The van der Waals surface area contributed by atoms with Crippen molar-refractivity contribution in [2.24, 2.45) is 0 Å². The van der Waals surface area contributed by atoms with Crippen LogP contribution in [0, 0.1) is 27.7 Å². The Bertz CT molecular complexity index is 924. The van der Waals surface area contributed by atoms with E-state index in [0.29, 0.717) is 12.0 Å². The topological polar surface area (TPSA) is 185 Å². The van der Waals surface area contributed by atoms with E-state index in [2.05, 4.69) is 4.52 Å². The van der Waals surface area contributed by atoms with E-state index in [9.17, 15) is 14.8 Å². The Morgan fingerprint density at radius 1 is 0.839 bits per heavy atom. The van der Waals surface area contributed by atoms with E-state index in [0.717, 1.165) is 22.3 Å². The van der Waals surface area contributed by atoms with Crippen LogP contribution in [0.15, 0.2) is 36.4 Å². The molecule has 0 aliphatic carbocycles. The summed E-state index contributed by atoms with van der Waals surface area (Å²) in [5.74, 6) is -1.41. The molecule has 31 heavy (non-hydrogen) atoms. The Balaban J connectivity index is 0.000000492. The molecule has 12 heteroatoms. The van der Waals surface area contributed by atoms with Crippen LogP contribution in [-0.2, 0) is 14.9 Å². The van der Waals surface area contributed by atoms with Crippen molar-refractivity contribution < 1.29 is 48.3 Å². The molecule has 0 radical (unpaired) electrons. The summed E-state index contributed by atoms with van der Waals surface area (Å²) in [5, 5.41) is 18.7. The quantitative estimate of drug-likeness (QED) is 0.253. The van der Waals surface area contributed by atoms with E-state index in [-0.39, 0.29) is 5.75 Å². The van der Waals surface area contributed by atoms with Crippen molar-refractivity contribution in [2.45, 2.75) is 46.8 Å². The van der Waals surface area contributed by atoms with Crippen LogP contribution in [0.4, 0.5) is 0 Å². The van der Waals surface area contributed by atoms with Crippen LogP contribution < -0.4 is 4.52 Å². The summed E-state index contributed by atoms with van der Waals surface area (Å²) >= 11 is 0. The van der Waals surface area contributed by atoms with E-state index < -0.39 is 21.4 Å². The molecule has 0 spiro atoms. The van der Waals surface area contributed by atoms with Crippen LogP contribution >= 0.6 is 15.6 Å². The minimum absolute atomic E-state index is 0.254. The molecule has 7 N–H and O–H groups in total. The molecule has 0 saturated heterocycles. The summed E-state index contributed by atoms with van der Waals surface area (Å²) in [6.07, 6.45) is 0.303. The molecule has 0 fully saturated rings. The first kappa shape index (κ1) is 29.4. The Labute approximate surface area is 181 Å². The molecule has 0 aliphatic heterocycles. The average Bonchev–Trinajstić information content (AvgIpc) is 2.63. The van der Waals surface area contributed by atoms with Gasteiger partial charge in [-0.25, -0.2) is 9.13 Å². The molecule has 0 saturated carbocycles. The van der Waals surface area contributed by atoms with Gasteiger partial charge in [0.2, 0.25) is 0 Å². The predicted octanol–water partition coefficient (Wildman–Crippen LogP) is 2.70. The fourth-order valence-corrected chi connectivity index (χ4v) is 2.75. The molecular formula is C19H30O10P2. The molecule has 2 rings (SSSR count). The van der Waals surface area contributed by atoms with Gasteiger partial charge in [0.05, 0.1) is 0 Å².